The normalized spacial score (nSPS) is 11.1. The summed E-state index contributed by atoms with van der Waals surface area (Å²) in [4.78, 5) is 22.7. The summed E-state index contributed by atoms with van der Waals surface area (Å²) in [5.74, 6) is -2.61. The molecule has 6 nitrogen and oxygen atoms in total. The van der Waals surface area contributed by atoms with Crippen LogP contribution in [0.5, 0.6) is 0 Å². The number of carboxylic acids is 1. The zero-order valence-electron chi connectivity index (χ0n) is 10.9. The molecule has 0 unspecified atom stereocenters. The van der Waals surface area contributed by atoms with E-state index in [1.54, 1.807) is 19.9 Å². The molecule has 7 heteroatoms. The van der Waals surface area contributed by atoms with Crippen LogP contribution in [0, 0.1) is 13.8 Å². The molecule has 0 saturated carbocycles. The maximum atomic E-state index is 11.6. The maximum absolute atomic E-state index is 11.6. The fourth-order valence-corrected chi connectivity index (χ4v) is 2.26. The van der Waals surface area contributed by atoms with Crippen LogP contribution >= 0.6 is 0 Å². The van der Waals surface area contributed by atoms with Gasteiger partial charge in [-0.05, 0) is 31.0 Å². The van der Waals surface area contributed by atoms with Crippen molar-refractivity contribution in [2.45, 2.75) is 13.8 Å². The second kappa shape index (κ2) is 5.40. The van der Waals surface area contributed by atoms with Crippen LogP contribution in [0.3, 0.4) is 0 Å². The molecule has 0 radical (unpaired) electrons. The standard InChI is InChI=1S/C12H15NO5S/c1-7-4-8(2)11(9(5-7)12(15)16)13-10(14)6-19(3,17)18/h4-5H,6H2,1-3H3,(H,13,14)(H,15,16). The summed E-state index contributed by atoms with van der Waals surface area (Å²) in [6.45, 7) is 3.39. The average Bonchev–Trinajstić information content (AvgIpc) is 2.18. The maximum Gasteiger partial charge on any atom is 0.337 e. The van der Waals surface area contributed by atoms with Gasteiger partial charge in [-0.3, -0.25) is 4.79 Å². The van der Waals surface area contributed by atoms with Gasteiger partial charge < -0.3 is 10.4 Å². The Morgan fingerprint density at radius 1 is 1.26 bits per heavy atom. The van der Waals surface area contributed by atoms with Crippen LogP contribution in [0.1, 0.15) is 21.5 Å². The van der Waals surface area contributed by atoms with Crippen molar-refractivity contribution in [3.05, 3.63) is 28.8 Å². The average molecular weight is 285 g/mol. The lowest BCUT2D eigenvalue weighted by Crippen LogP contribution is -2.23. The lowest BCUT2D eigenvalue weighted by molar-refractivity contribution is -0.113. The number of anilines is 1. The minimum atomic E-state index is -3.46. The molecule has 0 aromatic heterocycles. The first-order valence-corrected chi connectivity index (χ1v) is 7.48. The van der Waals surface area contributed by atoms with E-state index < -0.39 is 27.5 Å². The third-order valence-electron chi connectivity index (χ3n) is 2.37. The van der Waals surface area contributed by atoms with Crippen molar-refractivity contribution in [2.24, 2.45) is 0 Å². The van der Waals surface area contributed by atoms with Gasteiger partial charge >= 0.3 is 5.97 Å². The van der Waals surface area contributed by atoms with Gasteiger partial charge in [0.1, 0.15) is 5.75 Å². The van der Waals surface area contributed by atoms with E-state index in [4.69, 9.17) is 5.11 Å². The minimum Gasteiger partial charge on any atom is -0.478 e. The quantitative estimate of drug-likeness (QED) is 0.859. The van der Waals surface area contributed by atoms with Gasteiger partial charge in [0.15, 0.2) is 9.84 Å². The van der Waals surface area contributed by atoms with Crippen LogP contribution in [0.15, 0.2) is 12.1 Å². The van der Waals surface area contributed by atoms with Crippen LogP contribution in [-0.4, -0.2) is 37.4 Å². The number of sulfone groups is 1. The molecule has 2 N–H and O–H groups in total. The summed E-state index contributed by atoms with van der Waals surface area (Å²) >= 11 is 0. The number of rotatable bonds is 4. The molecule has 1 rings (SSSR count). The largest absolute Gasteiger partial charge is 0.478 e. The van der Waals surface area contributed by atoms with Crippen molar-refractivity contribution in [2.75, 3.05) is 17.3 Å². The Kier molecular flexibility index (Phi) is 4.31. The van der Waals surface area contributed by atoms with Gasteiger partial charge in [-0.2, -0.15) is 0 Å². The molecule has 0 aliphatic rings. The Labute approximate surface area is 111 Å². The molecule has 104 valence electrons. The van der Waals surface area contributed by atoms with Crippen molar-refractivity contribution in [3.8, 4) is 0 Å². The molecule has 0 fully saturated rings. The summed E-state index contributed by atoms with van der Waals surface area (Å²) in [5, 5.41) is 11.4. The van der Waals surface area contributed by atoms with Gasteiger partial charge in [-0.25, -0.2) is 13.2 Å². The summed E-state index contributed by atoms with van der Waals surface area (Å²) in [7, 11) is -3.46. The predicted molar refractivity (Wildman–Crippen MR) is 71.2 cm³/mol. The van der Waals surface area contributed by atoms with Crippen LogP contribution in [0.25, 0.3) is 0 Å². The Morgan fingerprint density at radius 2 is 1.84 bits per heavy atom. The molecule has 0 saturated heterocycles. The van der Waals surface area contributed by atoms with E-state index in [1.807, 2.05) is 0 Å². The van der Waals surface area contributed by atoms with Crippen molar-refractivity contribution in [1.82, 2.24) is 0 Å². The third kappa shape index (κ3) is 4.36. The Bertz CT molecular complexity index is 634. The van der Waals surface area contributed by atoms with E-state index in [-0.39, 0.29) is 11.3 Å². The Morgan fingerprint density at radius 3 is 2.32 bits per heavy atom. The fourth-order valence-electron chi connectivity index (χ4n) is 1.72. The van der Waals surface area contributed by atoms with Crippen LogP contribution in [0.2, 0.25) is 0 Å². The second-order valence-corrected chi connectivity index (χ2v) is 6.57. The van der Waals surface area contributed by atoms with E-state index in [0.29, 0.717) is 5.56 Å². The highest BCUT2D eigenvalue weighted by atomic mass is 32.2. The van der Waals surface area contributed by atoms with Crippen molar-refractivity contribution >= 4 is 27.4 Å². The van der Waals surface area contributed by atoms with E-state index in [1.165, 1.54) is 6.07 Å². The number of hydrogen-bond acceptors (Lipinski definition) is 4. The monoisotopic (exact) mass is 285 g/mol. The third-order valence-corrected chi connectivity index (χ3v) is 3.15. The van der Waals surface area contributed by atoms with Gasteiger partial charge in [0, 0.05) is 6.26 Å². The predicted octanol–water partition coefficient (Wildman–Crippen LogP) is 0.985. The molecular formula is C12H15NO5S. The van der Waals surface area contributed by atoms with E-state index >= 15 is 0 Å². The van der Waals surface area contributed by atoms with Gasteiger partial charge in [-0.1, -0.05) is 6.07 Å². The van der Waals surface area contributed by atoms with Gasteiger partial charge in [-0.15, -0.1) is 0 Å². The highest BCUT2D eigenvalue weighted by Gasteiger charge is 2.17. The lowest BCUT2D eigenvalue weighted by atomic mass is 10.0. The first-order valence-electron chi connectivity index (χ1n) is 5.42. The summed E-state index contributed by atoms with van der Waals surface area (Å²) < 4.78 is 22.0. The first-order chi connectivity index (χ1) is 8.60. The number of carboxylic acid groups (broad SMARTS) is 1. The van der Waals surface area contributed by atoms with Crippen LogP contribution in [-0.2, 0) is 14.6 Å². The smallest absolute Gasteiger partial charge is 0.337 e. The molecule has 0 atom stereocenters. The Hall–Kier alpha value is -1.89. The first kappa shape index (κ1) is 15.2. The van der Waals surface area contributed by atoms with Gasteiger partial charge in [0.25, 0.3) is 0 Å². The fraction of sp³-hybridized carbons (Fsp3) is 0.333. The number of aryl methyl sites for hydroxylation is 2. The molecule has 1 amide bonds. The molecule has 0 bridgehead atoms. The molecule has 19 heavy (non-hydrogen) atoms. The molecule has 0 aliphatic carbocycles. The minimum absolute atomic E-state index is 0.0562. The van der Waals surface area contributed by atoms with Gasteiger partial charge in [0.05, 0.1) is 11.3 Å². The number of carbonyl (C=O) groups excluding carboxylic acids is 1. The zero-order chi connectivity index (χ0) is 14.8. The highest BCUT2D eigenvalue weighted by Crippen LogP contribution is 2.23. The number of nitrogens with one attached hydrogen (secondary N) is 1. The Balaban J connectivity index is 3.14. The number of benzene rings is 1. The van der Waals surface area contributed by atoms with Crippen molar-refractivity contribution < 1.29 is 23.1 Å². The van der Waals surface area contributed by atoms with Crippen molar-refractivity contribution in [1.29, 1.82) is 0 Å². The van der Waals surface area contributed by atoms with E-state index in [0.717, 1.165) is 11.8 Å². The van der Waals surface area contributed by atoms with Crippen LogP contribution < -0.4 is 5.32 Å². The molecular weight excluding hydrogens is 270 g/mol. The second-order valence-electron chi connectivity index (χ2n) is 4.43. The number of amides is 1. The number of carbonyl (C=O) groups is 2. The highest BCUT2D eigenvalue weighted by molar-refractivity contribution is 7.91. The SMILES string of the molecule is Cc1cc(C)c(NC(=O)CS(C)(=O)=O)c(C(=O)O)c1. The summed E-state index contributed by atoms with van der Waals surface area (Å²) in [6.07, 6.45) is 0.937. The molecule has 1 aromatic rings. The molecule has 0 heterocycles. The van der Waals surface area contributed by atoms with E-state index in [9.17, 15) is 18.0 Å². The number of aromatic carboxylic acids is 1. The van der Waals surface area contributed by atoms with Crippen molar-refractivity contribution in [3.63, 3.8) is 0 Å². The summed E-state index contributed by atoms with van der Waals surface area (Å²) in [6, 6.07) is 3.13. The molecule has 0 aliphatic heterocycles. The van der Waals surface area contributed by atoms with E-state index in [2.05, 4.69) is 5.32 Å². The zero-order valence-corrected chi connectivity index (χ0v) is 11.7. The topological polar surface area (TPSA) is 101 Å². The number of hydrogen-bond donors (Lipinski definition) is 2. The van der Waals surface area contributed by atoms with Crippen LogP contribution in [0.4, 0.5) is 5.69 Å². The molecule has 0 spiro atoms. The molecule has 1 aromatic carbocycles. The summed E-state index contributed by atoms with van der Waals surface area (Å²) in [5.41, 5.74) is 1.39. The lowest BCUT2D eigenvalue weighted by Gasteiger charge is -2.12. The van der Waals surface area contributed by atoms with Gasteiger partial charge in [0.2, 0.25) is 5.91 Å².